The first-order valence-electron chi connectivity index (χ1n) is 7.93. The summed E-state index contributed by atoms with van der Waals surface area (Å²) in [7, 11) is 0. The number of nitrogens with zero attached hydrogens (tertiary/aromatic N) is 1. The number of fused-ring (bicyclic) bond motifs is 1. The summed E-state index contributed by atoms with van der Waals surface area (Å²) in [6, 6.07) is 16.3. The second kappa shape index (κ2) is 5.67. The third-order valence-corrected chi connectivity index (χ3v) is 7.04. The van der Waals surface area contributed by atoms with Crippen LogP contribution in [-0.2, 0) is 4.79 Å². The molecule has 2 N–H and O–H groups in total. The molecular weight excluding hydrogens is 384 g/mol. The number of thiophene rings is 1. The van der Waals surface area contributed by atoms with Gasteiger partial charge in [0.05, 0.1) is 14.7 Å². The Kier molecular flexibility index (Phi) is 3.73. The van der Waals surface area contributed by atoms with E-state index in [1.165, 1.54) is 4.88 Å². The van der Waals surface area contributed by atoms with Gasteiger partial charge in [-0.15, -0.1) is 11.3 Å². The van der Waals surface area contributed by atoms with E-state index in [9.17, 15) is 4.79 Å². The largest absolute Gasteiger partial charge is 0.369 e. The molecule has 4 rings (SSSR count). The van der Waals surface area contributed by atoms with Crippen LogP contribution in [0.25, 0.3) is 10.9 Å². The normalized spacial score (nSPS) is 24.0. The molecule has 3 aromatic rings. The molecule has 5 heteroatoms. The van der Waals surface area contributed by atoms with Crippen molar-refractivity contribution in [2.75, 3.05) is 0 Å². The van der Waals surface area contributed by atoms with E-state index in [1.807, 2.05) is 36.4 Å². The molecule has 2 heterocycles. The van der Waals surface area contributed by atoms with E-state index >= 15 is 0 Å². The van der Waals surface area contributed by atoms with Crippen molar-refractivity contribution in [1.82, 2.24) is 4.98 Å². The molecule has 0 saturated heterocycles. The maximum Gasteiger partial charge on any atom is 0.224 e. The molecule has 1 saturated carbocycles. The maximum absolute atomic E-state index is 12.3. The van der Waals surface area contributed by atoms with Gasteiger partial charge in [0, 0.05) is 27.8 Å². The van der Waals surface area contributed by atoms with E-state index in [0.29, 0.717) is 0 Å². The maximum atomic E-state index is 12.3. The Balaban J connectivity index is 1.72. The molecule has 3 nitrogen and oxygen atoms in total. The second-order valence-electron chi connectivity index (χ2n) is 6.45. The van der Waals surface area contributed by atoms with Crippen molar-refractivity contribution < 1.29 is 4.79 Å². The number of hydrogen-bond acceptors (Lipinski definition) is 3. The molecule has 3 atom stereocenters. The number of carbonyl (C=O) groups is 1. The van der Waals surface area contributed by atoms with E-state index in [0.717, 1.165) is 26.8 Å². The Hall–Kier alpha value is -1.72. The van der Waals surface area contributed by atoms with Gasteiger partial charge in [0.25, 0.3) is 0 Å². The number of nitrogens with two attached hydrogens (primary N) is 1. The van der Waals surface area contributed by atoms with Crippen LogP contribution in [-0.4, -0.2) is 10.9 Å². The fourth-order valence-electron chi connectivity index (χ4n) is 3.70. The molecule has 2 unspecified atom stereocenters. The molecule has 0 spiro atoms. The van der Waals surface area contributed by atoms with Gasteiger partial charge in [-0.1, -0.05) is 31.2 Å². The van der Waals surface area contributed by atoms with Crippen LogP contribution in [0, 0.1) is 5.41 Å². The summed E-state index contributed by atoms with van der Waals surface area (Å²) in [5.41, 5.74) is 7.25. The predicted octanol–water partition coefficient (Wildman–Crippen LogP) is 4.82. The summed E-state index contributed by atoms with van der Waals surface area (Å²) in [6.45, 7) is 2.10. The zero-order valence-electron chi connectivity index (χ0n) is 13.2. The zero-order chi connectivity index (χ0) is 16.9. The Morgan fingerprint density at radius 2 is 2.08 bits per heavy atom. The van der Waals surface area contributed by atoms with Crippen molar-refractivity contribution in [3.05, 3.63) is 62.9 Å². The lowest BCUT2D eigenvalue weighted by Crippen LogP contribution is -2.30. The molecule has 0 bridgehead atoms. The lowest BCUT2D eigenvalue weighted by molar-refractivity contribution is -0.123. The van der Waals surface area contributed by atoms with Crippen LogP contribution >= 0.6 is 27.3 Å². The van der Waals surface area contributed by atoms with Crippen molar-refractivity contribution in [1.29, 1.82) is 0 Å². The van der Waals surface area contributed by atoms with Gasteiger partial charge < -0.3 is 5.73 Å². The number of halogens is 1. The lowest BCUT2D eigenvalue weighted by Gasteiger charge is -2.21. The smallest absolute Gasteiger partial charge is 0.224 e. The average Bonchev–Trinajstić information content (AvgIpc) is 3.21. The van der Waals surface area contributed by atoms with Gasteiger partial charge in [-0.05, 0) is 46.6 Å². The zero-order valence-corrected chi connectivity index (χ0v) is 15.6. The van der Waals surface area contributed by atoms with Crippen molar-refractivity contribution in [3.8, 4) is 0 Å². The highest BCUT2D eigenvalue weighted by atomic mass is 79.9. The minimum absolute atomic E-state index is 0.0876. The molecule has 1 amide bonds. The average molecular weight is 401 g/mol. The van der Waals surface area contributed by atoms with Crippen LogP contribution in [0.15, 0.2) is 52.3 Å². The number of pyridine rings is 1. The number of primary amides is 1. The molecule has 1 aliphatic rings. The fourth-order valence-corrected chi connectivity index (χ4v) is 5.28. The minimum Gasteiger partial charge on any atom is -0.369 e. The molecule has 122 valence electrons. The van der Waals surface area contributed by atoms with Crippen LogP contribution in [0.4, 0.5) is 0 Å². The first-order valence-corrected chi connectivity index (χ1v) is 9.54. The molecule has 0 aliphatic heterocycles. The summed E-state index contributed by atoms with van der Waals surface area (Å²) < 4.78 is 1.07. The Morgan fingerprint density at radius 3 is 2.79 bits per heavy atom. The number of rotatable bonds is 4. The van der Waals surface area contributed by atoms with Crippen LogP contribution < -0.4 is 5.73 Å². The van der Waals surface area contributed by atoms with Crippen LogP contribution in [0.1, 0.15) is 35.8 Å². The van der Waals surface area contributed by atoms with Crippen molar-refractivity contribution in [2.24, 2.45) is 11.1 Å². The summed E-state index contributed by atoms with van der Waals surface area (Å²) in [4.78, 5) is 18.3. The van der Waals surface area contributed by atoms with Crippen LogP contribution in [0.2, 0.25) is 0 Å². The second-order valence-corrected chi connectivity index (χ2v) is 8.95. The number of aromatic nitrogens is 1. The standard InChI is InChI=1S/C19H17BrN2OS/c1-11(16-8-9-17(20)24-16)19(18(21)23)10-13(19)15-7-6-12-4-2-3-5-14(12)22-15/h2-9,11,13H,10H2,1H3,(H2,21,23)/t11-,13?,19?/m0/s1. The number of amides is 1. The Labute approximate surface area is 153 Å². The van der Waals surface area contributed by atoms with Gasteiger partial charge in [0.1, 0.15) is 0 Å². The van der Waals surface area contributed by atoms with Crippen molar-refractivity contribution in [3.63, 3.8) is 0 Å². The van der Waals surface area contributed by atoms with E-state index in [-0.39, 0.29) is 17.7 Å². The van der Waals surface area contributed by atoms with Crippen molar-refractivity contribution >= 4 is 44.1 Å². The van der Waals surface area contributed by atoms with Crippen molar-refractivity contribution in [2.45, 2.75) is 25.2 Å². The summed E-state index contributed by atoms with van der Waals surface area (Å²) in [6.07, 6.45) is 0.768. The van der Waals surface area contributed by atoms with Gasteiger partial charge in [-0.25, -0.2) is 0 Å². The fraction of sp³-hybridized carbons (Fsp3) is 0.263. The predicted molar refractivity (Wildman–Crippen MR) is 101 cm³/mol. The van der Waals surface area contributed by atoms with Crippen LogP contribution in [0.5, 0.6) is 0 Å². The van der Waals surface area contributed by atoms with E-state index in [1.54, 1.807) is 11.3 Å². The van der Waals surface area contributed by atoms with Gasteiger partial charge in [-0.2, -0.15) is 0 Å². The number of carbonyl (C=O) groups excluding carboxylic acids is 1. The van der Waals surface area contributed by atoms with E-state index < -0.39 is 5.41 Å². The molecule has 24 heavy (non-hydrogen) atoms. The van der Waals surface area contributed by atoms with Gasteiger partial charge in [-0.3, -0.25) is 9.78 Å². The Bertz CT molecular complexity index is 938. The topological polar surface area (TPSA) is 56.0 Å². The number of para-hydroxylation sites is 1. The molecule has 0 radical (unpaired) electrons. The van der Waals surface area contributed by atoms with Gasteiger partial charge >= 0.3 is 0 Å². The van der Waals surface area contributed by atoms with Gasteiger partial charge in [0.2, 0.25) is 5.91 Å². The Morgan fingerprint density at radius 1 is 1.29 bits per heavy atom. The first-order chi connectivity index (χ1) is 11.5. The quantitative estimate of drug-likeness (QED) is 0.682. The summed E-state index contributed by atoms with van der Waals surface area (Å²) in [5.74, 6) is -0.0421. The number of hydrogen-bond donors (Lipinski definition) is 1. The molecule has 1 aromatic carbocycles. The highest BCUT2D eigenvalue weighted by molar-refractivity contribution is 9.11. The molecule has 1 aliphatic carbocycles. The SMILES string of the molecule is C[C@@H](c1ccc(Br)s1)C1(C(N)=O)CC1c1ccc2ccccc2n1. The summed E-state index contributed by atoms with van der Waals surface area (Å²) >= 11 is 5.17. The molecule has 2 aromatic heterocycles. The third kappa shape index (κ3) is 2.38. The molecule has 1 fully saturated rings. The van der Waals surface area contributed by atoms with Gasteiger partial charge in [0.15, 0.2) is 0 Å². The third-order valence-electron chi connectivity index (χ3n) is 5.23. The molecular formula is C19H17BrN2OS. The van der Waals surface area contributed by atoms with Crippen LogP contribution in [0.3, 0.4) is 0 Å². The first kappa shape index (κ1) is 15.8. The highest BCUT2D eigenvalue weighted by Gasteiger charge is 2.63. The van der Waals surface area contributed by atoms with E-state index in [2.05, 4.69) is 35.0 Å². The number of benzene rings is 1. The monoisotopic (exact) mass is 400 g/mol. The minimum atomic E-state index is -0.528. The summed E-state index contributed by atoms with van der Waals surface area (Å²) in [5, 5.41) is 1.11. The van der Waals surface area contributed by atoms with E-state index in [4.69, 9.17) is 10.7 Å². The lowest BCUT2D eigenvalue weighted by atomic mass is 9.85. The highest BCUT2D eigenvalue weighted by Crippen LogP contribution is 2.66.